The van der Waals surface area contributed by atoms with Crippen molar-refractivity contribution >= 4 is 11.6 Å². The Bertz CT molecular complexity index is 516. The van der Waals surface area contributed by atoms with Gasteiger partial charge in [0.1, 0.15) is 0 Å². The highest BCUT2D eigenvalue weighted by molar-refractivity contribution is 5.98. The van der Waals surface area contributed by atoms with Crippen LogP contribution in [-0.4, -0.2) is 48.0 Å². The van der Waals surface area contributed by atoms with Crippen LogP contribution in [-0.2, 0) is 9.47 Å². The molecule has 2 heterocycles. The lowest BCUT2D eigenvalue weighted by Crippen LogP contribution is -2.47. The van der Waals surface area contributed by atoms with Crippen LogP contribution < -0.4 is 5.73 Å². The number of nitrogens with zero attached hydrogens (tertiary/aromatic N) is 1. The minimum absolute atomic E-state index is 0.147. The summed E-state index contributed by atoms with van der Waals surface area (Å²) >= 11 is 0. The molecule has 6 nitrogen and oxygen atoms in total. The van der Waals surface area contributed by atoms with Gasteiger partial charge in [0.15, 0.2) is 11.5 Å². The van der Waals surface area contributed by atoms with E-state index in [0.717, 1.165) is 0 Å². The Hall–Kier alpha value is -1.79. The molecule has 2 aliphatic rings. The first-order chi connectivity index (χ1) is 9.61. The van der Waals surface area contributed by atoms with Crippen LogP contribution in [0, 0.1) is 0 Å². The summed E-state index contributed by atoms with van der Waals surface area (Å²) in [4.78, 5) is 14.1. The molecule has 2 fully saturated rings. The number of hydrogen-bond donors (Lipinski definition) is 2. The van der Waals surface area contributed by atoms with Gasteiger partial charge in [-0.25, -0.2) is 0 Å². The molecule has 0 saturated carbocycles. The Labute approximate surface area is 117 Å². The van der Waals surface area contributed by atoms with E-state index in [-0.39, 0.29) is 22.9 Å². The van der Waals surface area contributed by atoms with Crippen molar-refractivity contribution in [2.24, 2.45) is 0 Å². The van der Waals surface area contributed by atoms with Crippen molar-refractivity contribution in [2.45, 2.75) is 18.6 Å². The van der Waals surface area contributed by atoms with Crippen LogP contribution in [0.15, 0.2) is 18.2 Å². The van der Waals surface area contributed by atoms with E-state index in [0.29, 0.717) is 39.1 Å². The van der Waals surface area contributed by atoms with Gasteiger partial charge in [0.05, 0.1) is 24.5 Å². The minimum atomic E-state index is -0.505. The summed E-state index contributed by atoms with van der Waals surface area (Å²) in [7, 11) is 0. The van der Waals surface area contributed by atoms with Gasteiger partial charge in [-0.3, -0.25) is 4.79 Å². The van der Waals surface area contributed by atoms with E-state index in [1.54, 1.807) is 23.1 Å². The number of likely N-dealkylation sites (tertiary alicyclic amines) is 1. The number of rotatable bonds is 1. The number of anilines is 1. The maximum Gasteiger partial charge on any atom is 0.257 e. The van der Waals surface area contributed by atoms with Crippen LogP contribution in [0.5, 0.6) is 5.75 Å². The highest BCUT2D eigenvalue weighted by atomic mass is 16.7. The third-order valence-electron chi connectivity index (χ3n) is 3.92. The highest BCUT2D eigenvalue weighted by Gasteiger charge is 2.41. The zero-order chi connectivity index (χ0) is 14.2. The van der Waals surface area contributed by atoms with Crippen molar-refractivity contribution in [2.75, 3.05) is 32.0 Å². The Morgan fingerprint density at radius 3 is 2.55 bits per heavy atom. The van der Waals surface area contributed by atoms with Crippen LogP contribution in [0.25, 0.3) is 0 Å². The van der Waals surface area contributed by atoms with E-state index < -0.39 is 5.79 Å². The quantitative estimate of drug-likeness (QED) is 0.590. The molecule has 0 atom stereocenters. The van der Waals surface area contributed by atoms with Gasteiger partial charge in [0.2, 0.25) is 0 Å². The summed E-state index contributed by atoms with van der Waals surface area (Å²) in [5, 5.41) is 9.88. The number of nitrogens with two attached hydrogens (primary N) is 1. The van der Waals surface area contributed by atoms with Gasteiger partial charge in [-0.15, -0.1) is 0 Å². The normalized spacial score (nSPS) is 21.3. The lowest BCUT2D eigenvalue weighted by Gasteiger charge is -2.37. The second-order valence-corrected chi connectivity index (χ2v) is 5.14. The minimum Gasteiger partial charge on any atom is -0.505 e. The van der Waals surface area contributed by atoms with E-state index >= 15 is 0 Å². The van der Waals surface area contributed by atoms with Crippen molar-refractivity contribution in [3.05, 3.63) is 23.8 Å². The van der Waals surface area contributed by atoms with Gasteiger partial charge in [-0.05, 0) is 12.1 Å². The second kappa shape index (κ2) is 4.96. The van der Waals surface area contributed by atoms with Gasteiger partial charge < -0.3 is 25.2 Å². The van der Waals surface area contributed by atoms with E-state index in [4.69, 9.17) is 15.2 Å². The van der Waals surface area contributed by atoms with Crippen molar-refractivity contribution in [3.63, 3.8) is 0 Å². The maximum absolute atomic E-state index is 12.4. The number of phenolic OH excluding ortho intramolecular Hbond substituents is 1. The topological polar surface area (TPSA) is 85.0 Å². The first-order valence-corrected chi connectivity index (χ1v) is 6.76. The molecule has 1 amide bonds. The number of phenols is 1. The maximum atomic E-state index is 12.4. The predicted molar refractivity (Wildman–Crippen MR) is 72.3 cm³/mol. The number of amides is 1. The van der Waals surface area contributed by atoms with E-state index in [1.165, 1.54) is 0 Å². The van der Waals surface area contributed by atoms with Crippen molar-refractivity contribution < 1.29 is 19.4 Å². The Balaban J connectivity index is 1.71. The average molecular weight is 278 g/mol. The molecule has 0 aliphatic carbocycles. The van der Waals surface area contributed by atoms with E-state index in [9.17, 15) is 9.90 Å². The Kier molecular flexibility index (Phi) is 3.27. The van der Waals surface area contributed by atoms with Gasteiger partial charge in [-0.1, -0.05) is 6.07 Å². The number of nitrogen functional groups attached to an aromatic ring is 1. The van der Waals surface area contributed by atoms with Gasteiger partial charge in [0, 0.05) is 25.9 Å². The molecule has 1 aromatic rings. The Morgan fingerprint density at radius 1 is 1.25 bits per heavy atom. The first-order valence-electron chi connectivity index (χ1n) is 6.76. The number of hydrogen-bond acceptors (Lipinski definition) is 5. The number of carbonyl (C=O) groups excluding carboxylic acids is 1. The monoisotopic (exact) mass is 278 g/mol. The third kappa shape index (κ3) is 2.21. The lowest BCUT2D eigenvalue weighted by atomic mass is 10.0. The summed E-state index contributed by atoms with van der Waals surface area (Å²) in [6.07, 6.45) is 1.31. The second-order valence-electron chi connectivity index (χ2n) is 5.14. The molecule has 0 aromatic heterocycles. The fraction of sp³-hybridized carbons (Fsp3) is 0.500. The summed E-state index contributed by atoms with van der Waals surface area (Å²) in [5.74, 6) is -0.858. The van der Waals surface area contributed by atoms with Crippen LogP contribution in [0.2, 0.25) is 0 Å². The smallest absolute Gasteiger partial charge is 0.257 e. The molecule has 0 radical (unpaired) electrons. The molecule has 2 saturated heterocycles. The van der Waals surface area contributed by atoms with Crippen LogP contribution in [0.3, 0.4) is 0 Å². The number of benzene rings is 1. The largest absolute Gasteiger partial charge is 0.505 e. The van der Waals surface area contributed by atoms with Gasteiger partial charge in [0.25, 0.3) is 5.91 Å². The zero-order valence-corrected chi connectivity index (χ0v) is 11.2. The van der Waals surface area contributed by atoms with Crippen LogP contribution in [0.4, 0.5) is 5.69 Å². The molecular formula is C14H18N2O4. The Morgan fingerprint density at radius 2 is 1.90 bits per heavy atom. The average Bonchev–Trinajstić information content (AvgIpc) is 2.90. The summed E-state index contributed by atoms with van der Waals surface area (Å²) in [6, 6.07) is 4.81. The van der Waals surface area contributed by atoms with Crippen molar-refractivity contribution in [3.8, 4) is 5.75 Å². The molecule has 0 unspecified atom stereocenters. The molecule has 6 heteroatoms. The SMILES string of the molecule is Nc1cccc(C(=O)N2CCC3(CC2)OCCO3)c1O. The van der Waals surface area contributed by atoms with Gasteiger partial charge >= 0.3 is 0 Å². The summed E-state index contributed by atoms with van der Waals surface area (Å²) in [5.41, 5.74) is 6.08. The van der Waals surface area contributed by atoms with Crippen LogP contribution in [0.1, 0.15) is 23.2 Å². The summed E-state index contributed by atoms with van der Waals surface area (Å²) in [6.45, 7) is 2.33. The van der Waals surface area contributed by atoms with E-state index in [2.05, 4.69) is 0 Å². The lowest BCUT2D eigenvalue weighted by molar-refractivity contribution is -0.181. The fourth-order valence-electron chi connectivity index (χ4n) is 2.74. The summed E-state index contributed by atoms with van der Waals surface area (Å²) < 4.78 is 11.3. The number of carbonyl (C=O) groups is 1. The fourth-order valence-corrected chi connectivity index (χ4v) is 2.74. The predicted octanol–water partition coefficient (Wildman–Crippen LogP) is 0.954. The number of ether oxygens (including phenoxy) is 2. The molecule has 3 N–H and O–H groups in total. The molecule has 3 rings (SSSR count). The third-order valence-corrected chi connectivity index (χ3v) is 3.92. The number of piperidine rings is 1. The highest BCUT2D eigenvalue weighted by Crippen LogP contribution is 2.33. The molecule has 108 valence electrons. The molecular weight excluding hydrogens is 260 g/mol. The van der Waals surface area contributed by atoms with Crippen molar-refractivity contribution in [1.29, 1.82) is 0 Å². The van der Waals surface area contributed by atoms with Crippen molar-refractivity contribution in [1.82, 2.24) is 4.90 Å². The number of para-hydroxylation sites is 1. The number of aromatic hydroxyl groups is 1. The molecule has 1 spiro atoms. The molecule has 2 aliphatic heterocycles. The molecule has 20 heavy (non-hydrogen) atoms. The van der Waals surface area contributed by atoms with Gasteiger partial charge in [-0.2, -0.15) is 0 Å². The molecule has 1 aromatic carbocycles. The van der Waals surface area contributed by atoms with Crippen LogP contribution >= 0.6 is 0 Å². The zero-order valence-electron chi connectivity index (χ0n) is 11.2. The first kappa shape index (κ1) is 13.2. The standard InChI is InChI=1S/C14H18N2O4/c15-11-3-1-2-10(12(11)17)13(18)16-6-4-14(5-7-16)19-8-9-20-14/h1-3,17H,4-9,15H2. The molecule has 0 bridgehead atoms. The van der Waals surface area contributed by atoms with E-state index in [1.807, 2.05) is 0 Å².